The molecule has 0 saturated heterocycles. The molecule has 0 bridgehead atoms. The molecule has 108 valence electrons. The van der Waals surface area contributed by atoms with Gasteiger partial charge in [0.1, 0.15) is 5.69 Å². The van der Waals surface area contributed by atoms with E-state index in [0.29, 0.717) is 17.5 Å². The largest absolute Gasteiger partial charge is 0.294 e. The third-order valence-corrected chi connectivity index (χ3v) is 3.14. The number of carbonyl (C=O) groups excluding carboxylic acids is 1. The first-order chi connectivity index (χ1) is 9.95. The van der Waals surface area contributed by atoms with Gasteiger partial charge in [0.05, 0.1) is 10.5 Å². The van der Waals surface area contributed by atoms with Crippen LogP contribution in [0.5, 0.6) is 0 Å². The van der Waals surface area contributed by atoms with Gasteiger partial charge in [-0.15, -0.1) is 0 Å². The third kappa shape index (κ3) is 2.71. The SMILES string of the molecule is CCc1c(-c2n[nH]c(=O)cc2C(C)=O)cccc1[N+](=O)[O-]. The number of rotatable bonds is 4. The van der Waals surface area contributed by atoms with Crippen LogP contribution >= 0.6 is 0 Å². The van der Waals surface area contributed by atoms with E-state index in [1.54, 1.807) is 13.0 Å². The second-order valence-electron chi connectivity index (χ2n) is 4.46. The lowest BCUT2D eigenvalue weighted by molar-refractivity contribution is -0.385. The summed E-state index contributed by atoms with van der Waals surface area (Å²) in [5.41, 5.74) is 0.833. The quantitative estimate of drug-likeness (QED) is 0.526. The Hall–Kier alpha value is -2.83. The molecule has 1 aromatic heterocycles. The number of nitrogens with one attached hydrogen (secondary N) is 1. The Morgan fingerprint density at radius 1 is 1.43 bits per heavy atom. The summed E-state index contributed by atoms with van der Waals surface area (Å²) in [5, 5.41) is 17.3. The molecule has 0 radical (unpaired) electrons. The molecule has 0 aliphatic carbocycles. The zero-order valence-corrected chi connectivity index (χ0v) is 11.5. The Balaban J connectivity index is 2.79. The number of ketones is 1. The number of nitro groups is 1. The smallest absolute Gasteiger partial charge is 0.273 e. The van der Waals surface area contributed by atoms with E-state index in [-0.39, 0.29) is 22.7 Å². The van der Waals surface area contributed by atoms with Crippen molar-refractivity contribution in [3.8, 4) is 11.3 Å². The third-order valence-electron chi connectivity index (χ3n) is 3.14. The van der Waals surface area contributed by atoms with Gasteiger partial charge in [-0.1, -0.05) is 19.1 Å². The summed E-state index contributed by atoms with van der Waals surface area (Å²) in [6.07, 6.45) is 0.407. The maximum atomic E-state index is 11.7. The van der Waals surface area contributed by atoms with Crippen LogP contribution < -0.4 is 5.56 Å². The zero-order valence-electron chi connectivity index (χ0n) is 11.5. The van der Waals surface area contributed by atoms with Crippen molar-refractivity contribution < 1.29 is 9.72 Å². The lowest BCUT2D eigenvalue weighted by Gasteiger charge is -2.10. The van der Waals surface area contributed by atoms with Crippen LogP contribution in [0.3, 0.4) is 0 Å². The van der Waals surface area contributed by atoms with Crippen LogP contribution in [0.25, 0.3) is 11.3 Å². The fraction of sp³-hybridized carbons (Fsp3) is 0.214. The van der Waals surface area contributed by atoms with Gasteiger partial charge in [-0.3, -0.25) is 19.7 Å². The summed E-state index contributed by atoms with van der Waals surface area (Å²) in [5.74, 6) is -0.322. The number of aromatic amines is 1. The first-order valence-electron chi connectivity index (χ1n) is 6.33. The molecule has 0 saturated carbocycles. The van der Waals surface area contributed by atoms with Crippen LogP contribution in [-0.2, 0) is 6.42 Å². The summed E-state index contributed by atoms with van der Waals surface area (Å²) in [6.45, 7) is 3.11. The van der Waals surface area contributed by atoms with Crippen molar-refractivity contribution in [1.29, 1.82) is 0 Å². The molecule has 0 atom stereocenters. The molecule has 0 spiro atoms. The van der Waals surface area contributed by atoms with E-state index in [2.05, 4.69) is 10.2 Å². The summed E-state index contributed by atoms with van der Waals surface area (Å²) in [7, 11) is 0. The maximum Gasteiger partial charge on any atom is 0.273 e. The van der Waals surface area contributed by atoms with E-state index in [1.807, 2.05) is 0 Å². The average Bonchev–Trinajstić information content (AvgIpc) is 2.46. The van der Waals surface area contributed by atoms with Crippen molar-refractivity contribution in [2.45, 2.75) is 20.3 Å². The Kier molecular flexibility index (Phi) is 3.93. The summed E-state index contributed by atoms with van der Waals surface area (Å²) < 4.78 is 0. The van der Waals surface area contributed by atoms with Crippen LogP contribution in [0.4, 0.5) is 5.69 Å². The first-order valence-corrected chi connectivity index (χ1v) is 6.33. The van der Waals surface area contributed by atoms with Gasteiger partial charge in [0.25, 0.3) is 11.2 Å². The lowest BCUT2D eigenvalue weighted by atomic mass is 9.96. The minimum Gasteiger partial charge on any atom is -0.294 e. The standard InChI is InChI=1S/C14H13N3O4/c1-3-9-10(5-4-6-12(9)17(20)21)14-11(8(2)18)7-13(19)15-16-14/h4-7H,3H2,1-2H3,(H,15,19). The molecule has 7 heteroatoms. The number of benzene rings is 1. The molecule has 1 N–H and O–H groups in total. The summed E-state index contributed by atoms with van der Waals surface area (Å²) in [4.78, 5) is 33.6. The molecular formula is C14H13N3O4. The second-order valence-corrected chi connectivity index (χ2v) is 4.46. The van der Waals surface area contributed by atoms with Crippen molar-refractivity contribution in [2.75, 3.05) is 0 Å². The number of nitro benzene ring substituents is 1. The molecular weight excluding hydrogens is 274 g/mol. The number of hydrogen-bond acceptors (Lipinski definition) is 5. The molecule has 1 heterocycles. The minimum absolute atomic E-state index is 0.0301. The van der Waals surface area contributed by atoms with Gasteiger partial charge >= 0.3 is 0 Å². The Morgan fingerprint density at radius 3 is 2.71 bits per heavy atom. The van der Waals surface area contributed by atoms with Crippen LogP contribution in [0.15, 0.2) is 29.1 Å². The van der Waals surface area contributed by atoms with Crippen molar-refractivity contribution in [3.63, 3.8) is 0 Å². The molecule has 0 unspecified atom stereocenters. The lowest BCUT2D eigenvalue weighted by Crippen LogP contribution is -2.13. The monoisotopic (exact) mass is 287 g/mol. The number of H-pyrrole nitrogens is 1. The molecule has 2 aromatic rings. The fourth-order valence-corrected chi connectivity index (χ4v) is 2.22. The minimum atomic E-state index is -0.493. The number of carbonyl (C=O) groups is 1. The van der Waals surface area contributed by atoms with Gasteiger partial charge in [-0.2, -0.15) is 5.10 Å². The normalized spacial score (nSPS) is 10.4. The van der Waals surface area contributed by atoms with Gasteiger partial charge in [0, 0.05) is 23.3 Å². The Labute approximate surface area is 119 Å². The highest BCUT2D eigenvalue weighted by Crippen LogP contribution is 2.31. The second kappa shape index (κ2) is 5.66. The van der Waals surface area contributed by atoms with Crippen LogP contribution in [0.1, 0.15) is 29.8 Å². The predicted octanol–water partition coefficient (Wildman–Crippen LogP) is 2.11. The number of nitrogens with zero attached hydrogens (tertiary/aromatic N) is 2. The van der Waals surface area contributed by atoms with Gasteiger partial charge in [0.15, 0.2) is 5.78 Å². The molecule has 0 aliphatic rings. The predicted molar refractivity (Wildman–Crippen MR) is 76.3 cm³/mol. The van der Waals surface area contributed by atoms with Gasteiger partial charge < -0.3 is 0 Å². The van der Waals surface area contributed by atoms with E-state index < -0.39 is 10.5 Å². The Bertz CT molecular complexity index is 780. The van der Waals surface area contributed by atoms with Crippen LogP contribution in [0, 0.1) is 10.1 Å². The van der Waals surface area contributed by atoms with Crippen molar-refractivity contribution in [1.82, 2.24) is 10.2 Å². The van der Waals surface area contributed by atoms with Gasteiger partial charge in [0.2, 0.25) is 0 Å². The number of hydrogen-bond donors (Lipinski definition) is 1. The van der Waals surface area contributed by atoms with Gasteiger partial charge in [-0.25, -0.2) is 5.10 Å². The highest BCUT2D eigenvalue weighted by molar-refractivity contribution is 6.00. The number of Topliss-reactive ketones (excluding diaryl/α,β-unsaturated/α-hetero) is 1. The van der Waals surface area contributed by atoms with Crippen LogP contribution in [-0.4, -0.2) is 20.9 Å². The van der Waals surface area contributed by atoms with E-state index in [1.165, 1.54) is 19.1 Å². The Morgan fingerprint density at radius 2 is 2.14 bits per heavy atom. The molecule has 0 amide bonds. The highest BCUT2D eigenvalue weighted by Gasteiger charge is 2.21. The maximum absolute atomic E-state index is 11.7. The highest BCUT2D eigenvalue weighted by atomic mass is 16.6. The van der Waals surface area contributed by atoms with Crippen LogP contribution in [0.2, 0.25) is 0 Å². The van der Waals surface area contributed by atoms with E-state index in [0.717, 1.165) is 6.07 Å². The topological polar surface area (TPSA) is 106 Å². The summed E-state index contributed by atoms with van der Waals surface area (Å²) >= 11 is 0. The van der Waals surface area contributed by atoms with Gasteiger partial charge in [-0.05, 0) is 13.3 Å². The fourth-order valence-electron chi connectivity index (χ4n) is 2.22. The van der Waals surface area contributed by atoms with Crippen molar-refractivity contribution in [3.05, 3.63) is 55.9 Å². The molecule has 0 aliphatic heterocycles. The molecule has 21 heavy (non-hydrogen) atoms. The number of aromatic nitrogens is 2. The van der Waals surface area contributed by atoms with E-state index in [9.17, 15) is 19.7 Å². The van der Waals surface area contributed by atoms with Crippen molar-refractivity contribution >= 4 is 11.5 Å². The molecule has 2 rings (SSSR count). The average molecular weight is 287 g/mol. The molecule has 7 nitrogen and oxygen atoms in total. The van der Waals surface area contributed by atoms with E-state index in [4.69, 9.17) is 0 Å². The zero-order chi connectivity index (χ0) is 15.6. The summed E-state index contributed by atoms with van der Waals surface area (Å²) in [6, 6.07) is 5.74. The van der Waals surface area contributed by atoms with Crippen molar-refractivity contribution in [2.24, 2.45) is 0 Å². The first kappa shape index (κ1) is 14.6. The molecule has 1 aromatic carbocycles. The van der Waals surface area contributed by atoms with E-state index >= 15 is 0 Å². The molecule has 0 fully saturated rings.